The van der Waals surface area contributed by atoms with Gasteiger partial charge in [-0.15, -0.1) is 0 Å². The van der Waals surface area contributed by atoms with E-state index in [0.29, 0.717) is 23.6 Å². The summed E-state index contributed by atoms with van der Waals surface area (Å²) in [6, 6.07) is 4.85. The van der Waals surface area contributed by atoms with Crippen molar-refractivity contribution in [2.45, 2.75) is 6.54 Å². The quantitative estimate of drug-likeness (QED) is 0.813. The third kappa shape index (κ3) is 4.13. The lowest BCUT2D eigenvalue weighted by Crippen LogP contribution is -2.37. The molecule has 5 heteroatoms. The van der Waals surface area contributed by atoms with Gasteiger partial charge in [0.1, 0.15) is 12.4 Å². The first-order valence-electron chi connectivity index (χ1n) is 6.14. The number of hydrogen-bond acceptors (Lipinski definition) is 3. The second kappa shape index (κ2) is 6.80. The Labute approximate surface area is 114 Å². The molecule has 0 amide bonds. The van der Waals surface area contributed by atoms with Crippen LogP contribution in [0.5, 0.6) is 0 Å². The van der Waals surface area contributed by atoms with E-state index in [1.165, 1.54) is 6.07 Å². The molecule has 1 heterocycles. The van der Waals surface area contributed by atoms with Gasteiger partial charge in [-0.05, 0) is 17.7 Å². The first kappa shape index (κ1) is 14.2. The normalized spacial score (nSPS) is 16.9. The Morgan fingerprint density at radius 2 is 2.11 bits per heavy atom. The van der Waals surface area contributed by atoms with E-state index in [1.54, 1.807) is 12.1 Å². The summed E-state index contributed by atoms with van der Waals surface area (Å²) in [6.07, 6.45) is 0. The first-order chi connectivity index (χ1) is 9.19. The second-order valence-corrected chi connectivity index (χ2v) is 6.09. The average molecular weight is 281 g/mol. The molecular weight excluding hydrogens is 265 g/mol. The van der Waals surface area contributed by atoms with Crippen molar-refractivity contribution in [1.29, 1.82) is 0 Å². The van der Waals surface area contributed by atoms with Crippen LogP contribution < -0.4 is 0 Å². The van der Waals surface area contributed by atoms with Crippen LogP contribution in [0.3, 0.4) is 0 Å². The van der Waals surface area contributed by atoms with Gasteiger partial charge in [-0.2, -0.15) is 0 Å². The van der Waals surface area contributed by atoms with Gasteiger partial charge >= 0.3 is 0 Å². The molecule has 0 saturated carbocycles. The van der Waals surface area contributed by atoms with E-state index in [9.17, 15) is 8.60 Å². The summed E-state index contributed by atoms with van der Waals surface area (Å²) in [4.78, 5) is 2.21. The van der Waals surface area contributed by atoms with Crippen LogP contribution in [-0.4, -0.2) is 45.4 Å². The molecule has 1 aromatic rings. The number of hydrogen-bond donors (Lipinski definition) is 1. The highest BCUT2D eigenvalue weighted by molar-refractivity contribution is 7.85. The van der Waals surface area contributed by atoms with Gasteiger partial charge in [0.05, 0.1) is 5.56 Å². The van der Waals surface area contributed by atoms with Crippen LogP contribution in [0.2, 0.25) is 0 Å². The van der Waals surface area contributed by atoms with Crippen LogP contribution >= 0.6 is 0 Å². The maximum Gasteiger partial charge on any atom is 0.138 e. The summed E-state index contributed by atoms with van der Waals surface area (Å²) in [7, 11) is -0.683. The minimum atomic E-state index is -0.683. The SMILES string of the molecule is O=S1CCN(Cc2ccc(F)c(C#CCO)c2)CC1. The molecule has 2 rings (SSSR count). The monoisotopic (exact) mass is 281 g/mol. The van der Waals surface area contributed by atoms with Crippen LogP contribution in [0.25, 0.3) is 0 Å². The summed E-state index contributed by atoms with van der Waals surface area (Å²) in [5, 5.41) is 8.64. The smallest absolute Gasteiger partial charge is 0.138 e. The molecule has 0 atom stereocenters. The van der Waals surface area contributed by atoms with Crippen molar-refractivity contribution >= 4 is 10.8 Å². The lowest BCUT2D eigenvalue weighted by molar-refractivity contribution is 0.291. The van der Waals surface area contributed by atoms with Crippen molar-refractivity contribution in [2.75, 3.05) is 31.2 Å². The van der Waals surface area contributed by atoms with Gasteiger partial charge in [0.15, 0.2) is 0 Å². The molecule has 1 saturated heterocycles. The first-order valence-corrected chi connectivity index (χ1v) is 7.63. The van der Waals surface area contributed by atoms with Gasteiger partial charge in [-0.1, -0.05) is 17.9 Å². The molecule has 0 spiro atoms. The summed E-state index contributed by atoms with van der Waals surface area (Å²) in [5.74, 6) is 6.10. The van der Waals surface area contributed by atoms with E-state index in [-0.39, 0.29) is 12.4 Å². The highest BCUT2D eigenvalue weighted by Crippen LogP contribution is 2.13. The Morgan fingerprint density at radius 1 is 1.37 bits per heavy atom. The van der Waals surface area contributed by atoms with Gasteiger partial charge in [-0.3, -0.25) is 9.11 Å². The van der Waals surface area contributed by atoms with Crippen molar-refractivity contribution in [3.63, 3.8) is 0 Å². The van der Waals surface area contributed by atoms with Crippen LogP contribution in [0.15, 0.2) is 18.2 Å². The zero-order valence-corrected chi connectivity index (χ0v) is 11.4. The summed E-state index contributed by atoms with van der Waals surface area (Å²) in [5.41, 5.74) is 1.29. The van der Waals surface area contributed by atoms with Gasteiger partial charge in [0.2, 0.25) is 0 Å². The number of aliphatic hydroxyl groups is 1. The fourth-order valence-corrected chi connectivity index (χ4v) is 3.12. The Morgan fingerprint density at radius 3 is 2.79 bits per heavy atom. The van der Waals surface area contributed by atoms with E-state index < -0.39 is 10.8 Å². The van der Waals surface area contributed by atoms with E-state index in [2.05, 4.69) is 16.7 Å². The topological polar surface area (TPSA) is 40.5 Å². The molecule has 0 bridgehead atoms. The Balaban J connectivity index is 2.06. The predicted molar refractivity (Wildman–Crippen MR) is 73.5 cm³/mol. The summed E-state index contributed by atoms with van der Waals surface area (Å²) in [6.45, 7) is 2.05. The molecule has 19 heavy (non-hydrogen) atoms. The molecule has 1 N–H and O–H groups in total. The van der Waals surface area contributed by atoms with Crippen molar-refractivity contribution < 1.29 is 13.7 Å². The fourth-order valence-electron chi connectivity index (χ4n) is 1.99. The van der Waals surface area contributed by atoms with Crippen LogP contribution in [0.1, 0.15) is 11.1 Å². The van der Waals surface area contributed by atoms with E-state index in [0.717, 1.165) is 18.7 Å². The zero-order valence-electron chi connectivity index (χ0n) is 10.6. The maximum atomic E-state index is 13.5. The molecule has 0 aliphatic carbocycles. The van der Waals surface area contributed by atoms with E-state index >= 15 is 0 Å². The Bertz CT molecular complexity index is 526. The Kier molecular flexibility index (Phi) is 5.08. The number of halogens is 1. The second-order valence-electron chi connectivity index (χ2n) is 4.40. The minimum absolute atomic E-state index is 0.276. The number of benzene rings is 1. The third-order valence-electron chi connectivity index (χ3n) is 3.01. The highest BCUT2D eigenvalue weighted by atomic mass is 32.2. The lowest BCUT2D eigenvalue weighted by Gasteiger charge is -2.26. The van der Waals surface area contributed by atoms with Crippen molar-refractivity contribution in [3.8, 4) is 11.8 Å². The molecule has 1 aliphatic rings. The van der Waals surface area contributed by atoms with Gasteiger partial charge < -0.3 is 5.11 Å². The molecule has 0 aromatic heterocycles. The molecule has 3 nitrogen and oxygen atoms in total. The minimum Gasteiger partial charge on any atom is -0.384 e. The van der Waals surface area contributed by atoms with Gasteiger partial charge in [-0.25, -0.2) is 4.39 Å². The highest BCUT2D eigenvalue weighted by Gasteiger charge is 2.15. The zero-order chi connectivity index (χ0) is 13.7. The number of rotatable bonds is 2. The van der Waals surface area contributed by atoms with Gasteiger partial charge in [0, 0.05) is 41.9 Å². The summed E-state index contributed by atoms with van der Waals surface area (Å²) >= 11 is 0. The van der Waals surface area contributed by atoms with Crippen molar-refractivity contribution in [2.24, 2.45) is 0 Å². The largest absolute Gasteiger partial charge is 0.384 e. The molecular formula is C14H16FNO2S. The number of aliphatic hydroxyl groups excluding tert-OH is 1. The molecule has 1 aliphatic heterocycles. The average Bonchev–Trinajstić information content (AvgIpc) is 2.42. The molecule has 0 radical (unpaired) electrons. The Hall–Kier alpha value is -1.22. The third-order valence-corrected chi connectivity index (χ3v) is 4.29. The lowest BCUT2D eigenvalue weighted by atomic mass is 10.1. The van der Waals surface area contributed by atoms with Crippen LogP contribution in [-0.2, 0) is 17.3 Å². The molecule has 0 unspecified atom stereocenters. The standard InChI is InChI=1S/C14H16FNO2S/c15-14-4-3-12(10-13(14)2-1-7-17)11-16-5-8-19(18)9-6-16/h3-4,10,17H,5-9,11H2. The molecule has 102 valence electrons. The van der Waals surface area contributed by atoms with Crippen LogP contribution in [0.4, 0.5) is 4.39 Å². The van der Waals surface area contributed by atoms with Crippen LogP contribution in [0, 0.1) is 17.7 Å². The molecule has 1 fully saturated rings. The number of nitrogens with zero attached hydrogens (tertiary/aromatic N) is 1. The van der Waals surface area contributed by atoms with E-state index in [4.69, 9.17) is 5.11 Å². The predicted octanol–water partition coefficient (Wildman–Crippen LogP) is 0.734. The summed E-state index contributed by atoms with van der Waals surface area (Å²) < 4.78 is 24.8. The fraction of sp³-hybridized carbons (Fsp3) is 0.429. The van der Waals surface area contributed by atoms with Crippen molar-refractivity contribution in [3.05, 3.63) is 35.1 Å². The van der Waals surface area contributed by atoms with Crippen molar-refractivity contribution in [1.82, 2.24) is 4.90 Å². The van der Waals surface area contributed by atoms with Gasteiger partial charge in [0.25, 0.3) is 0 Å². The van der Waals surface area contributed by atoms with E-state index in [1.807, 2.05) is 0 Å². The molecule has 1 aromatic carbocycles. The maximum absolute atomic E-state index is 13.5.